The number of hydrogen-bond donors (Lipinski definition) is 1. The molecule has 0 saturated heterocycles. The van der Waals surface area contributed by atoms with Crippen molar-refractivity contribution in [1.29, 1.82) is 0 Å². The van der Waals surface area contributed by atoms with Crippen LogP contribution in [0, 0.1) is 0 Å². The molecule has 4 heteroatoms. The fourth-order valence-corrected chi connectivity index (χ4v) is 1.81. The van der Waals surface area contributed by atoms with E-state index in [1.165, 1.54) is 12.8 Å². The Hall–Kier alpha value is -0.350. The summed E-state index contributed by atoms with van der Waals surface area (Å²) in [6.45, 7) is 8.49. The van der Waals surface area contributed by atoms with Crippen molar-refractivity contribution >= 4 is 15.9 Å². The van der Waals surface area contributed by atoms with Crippen LogP contribution in [0.2, 0.25) is 0 Å². The van der Waals surface area contributed by atoms with Gasteiger partial charge in [0.05, 0.1) is 5.69 Å². The number of aromatic nitrogens is 2. The van der Waals surface area contributed by atoms with Crippen LogP contribution >= 0.6 is 15.9 Å². The first kappa shape index (κ1) is 14.7. The van der Waals surface area contributed by atoms with Crippen LogP contribution in [0.4, 0.5) is 0 Å². The van der Waals surface area contributed by atoms with Gasteiger partial charge in [-0.3, -0.25) is 4.68 Å². The van der Waals surface area contributed by atoms with Gasteiger partial charge in [-0.25, -0.2) is 0 Å². The molecule has 0 spiro atoms. The number of alkyl halides is 1. The summed E-state index contributed by atoms with van der Waals surface area (Å²) < 4.78 is 2.05. The Bertz CT molecular complexity index is 311. The molecule has 0 aromatic carbocycles. The van der Waals surface area contributed by atoms with Crippen LogP contribution in [0.15, 0.2) is 12.3 Å². The Morgan fingerprint density at radius 3 is 2.82 bits per heavy atom. The molecule has 98 valence electrons. The van der Waals surface area contributed by atoms with Crippen LogP contribution < -0.4 is 5.32 Å². The van der Waals surface area contributed by atoms with Gasteiger partial charge in [0, 0.05) is 23.6 Å². The minimum Gasteiger partial charge on any atom is -0.311 e. The van der Waals surface area contributed by atoms with E-state index in [1.54, 1.807) is 0 Å². The lowest BCUT2D eigenvalue weighted by Gasteiger charge is -2.09. The quantitative estimate of drug-likeness (QED) is 0.588. The van der Waals surface area contributed by atoms with Crippen molar-refractivity contribution in [3.63, 3.8) is 0 Å². The van der Waals surface area contributed by atoms with Gasteiger partial charge in [-0.1, -0.05) is 29.8 Å². The molecule has 3 nitrogen and oxygen atoms in total. The summed E-state index contributed by atoms with van der Waals surface area (Å²) in [4.78, 5) is 0.632. The highest BCUT2D eigenvalue weighted by molar-refractivity contribution is 9.09. The van der Waals surface area contributed by atoms with Crippen LogP contribution in [0.25, 0.3) is 0 Å². The van der Waals surface area contributed by atoms with E-state index >= 15 is 0 Å². The van der Waals surface area contributed by atoms with Crippen LogP contribution in [-0.4, -0.2) is 21.2 Å². The predicted molar refractivity (Wildman–Crippen MR) is 76.6 cm³/mol. The van der Waals surface area contributed by atoms with Crippen LogP contribution in [0.5, 0.6) is 0 Å². The second kappa shape index (κ2) is 7.88. The van der Waals surface area contributed by atoms with Crippen LogP contribution in [0.3, 0.4) is 0 Å². The van der Waals surface area contributed by atoms with E-state index < -0.39 is 0 Å². The van der Waals surface area contributed by atoms with E-state index in [0.29, 0.717) is 10.9 Å². The molecule has 0 radical (unpaired) electrons. The number of nitrogens with one attached hydrogen (secondary N) is 1. The lowest BCUT2D eigenvalue weighted by Crippen LogP contribution is -2.18. The molecule has 17 heavy (non-hydrogen) atoms. The molecule has 0 amide bonds. The van der Waals surface area contributed by atoms with E-state index in [2.05, 4.69) is 64.1 Å². The zero-order chi connectivity index (χ0) is 12.7. The fourth-order valence-electron chi connectivity index (χ4n) is 1.58. The van der Waals surface area contributed by atoms with E-state index in [0.717, 1.165) is 25.2 Å². The topological polar surface area (TPSA) is 29.9 Å². The van der Waals surface area contributed by atoms with Crippen LogP contribution in [-0.2, 0) is 6.54 Å². The largest absolute Gasteiger partial charge is 0.311 e. The van der Waals surface area contributed by atoms with E-state index in [9.17, 15) is 0 Å². The highest BCUT2D eigenvalue weighted by Gasteiger charge is 2.04. The van der Waals surface area contributed by atoms with Gasteiger partial charge in [-0.15, -0.1) is 0 Å². The predicted octanol–water partition coefficient (Wildman–Crippen LogP) is 3.51. The Morgan fingerprint density at radius 1 is 1.41 bits per heavy atom. The average molecular weight is 302 g/mol. The van der Waals surface area contributed by atoms with Gasteiger partial charge in [0.1, 0.15) is 0 Å². The third-order valence-corrected chi connectivity index (χ3v) is 4.19. The zero-order valence-corrected chi connectivity index (χ0v) is 12.7. The standard InChI is InChI=1S/C13H24BrN3/c1-4-11(3)17-9-7-13(16-17)10-15-8-6-12(14)5-2/h7,9,11-12,15H,4-6,8,10H2,1-3H3. The molecular formula is C13H24BrN3. The molecule has 1 N–H and O–H groups in total. The monoisotopic (exact) mass is 301 g/mol. The molecule has 1 aromatic heterocycles. The van der Waals surface area contributed by atoms with Crippen molar-refractivity contribution in [1.82, 2.24) is 15.1 Å². The van der Waals surface area contributed by atoms with Crippen molar-refractivity contribution < 1.29 is 0 Å². The minimum absolute atomic E-state index is 0.496. The summed E-state index contributed by atoms with van der Waals surface area (Å²) >= 11 is 3.64. The van der Waals surface area contributed by atoms with Crippen molar-refractivity contribution in [3.8, 4) is 0 Å². The highest BCUT2D eigenvalue weighted by Crippen LogP contribution is 2.10. The SMILES string of the molecule is CCC(Br)CCNCc1ccn(C(C)CC)n1. The maximum Gasteiger partial charge on any atom is 0.0762 e. The average Bonchev–Trinajstić information content (AvgIpc) is 2.82. The summed E-state index contributed by atoms with van der Waals surface area (Å²) in [6.07, 6.45) is 5.55. The molecule has 0 bridgehead atoms. The second-order valence-corrected chi connectivity index (χ2v) is 5.81. The lowest BCUT2D eigenvalue weighted by atomic mass is 10.2. The van der Waals surface area contributed by atoms with E-state index in [-0.39, 0.29) is 0 Å². The minimum atomic E-state index is 0.496. The van der Waals surface area contributed by atoms with Crippen molar-refractivity contribution in [2.45, 2.75) is 57.4 Å². The maximum atomic E-state index is 4.56. The molecule has 2 unspecified atom stereocenters. The number of halogens is 1. The smallest absolute Gasteiger partial charge is 0.0762 e. The molecule has 2 atom stereocenters. The summed E-state index contributed by atoms with van der Waals surface area (Å²) in [5.41, 5.74) is 1.13. The fraction of sp³-hybridized carbons (Fsp3) is 0.769. The van der Waals surface area contributed by atoms with Crippen LogP contribution in [0.1, 0.15) is 51.8 Å². The third-order valence-electron chi connectivity index (χ3n) is 3.09. The summed E-state index contributed by atoms with van der Waals surface area (Å²) in [6, 6.07) is 2.60. The first-order valence-corrected chi connectivity index (χ1v) is 7.47. The Balaban J connectivity index is 2.25. The van der Waals surface area contributed by atoms with Gasteiger partial charge < -0.3 is 5.32 Å². The van der Waals surface area contributed by atoms with Gasteiger partial charge in [-0.05, 0) is 38.8 Å². The molecule has 0 fully saturated rings. The summed E-state index contributed by atoms with van der Waals surface area (Å²) in [7, 11) is 0. The molecule has 1 aromatic rings. The van der Waals surface area contributed by atoms with Gasteiger partial charge in [0.15, 0.2) is 0 Å². The zero-order valence-electron chi connectivity index (χ0n) is 11.1. The third kappa shape index (κ3) is 5.21. The van der Waals surface area contributed by atoms with Crippen molar-refractivity contribution in [3.05, 3.63) is 18.0 Å². The number of hydrogen-bond acceptors (Lipinski definition) is 2. The lowest BCUT2D eigenvalue weighted by molar-refractivity contribution is 0.471. The maximum absolute atomic E-state index is 4.56. The van der Waals surface area contributed by atoms with Gasteiger partial charge in [0.2, 0.25) is 0 Å². The molecule has 0 aliphatic carbocycles. The van der Waals surface area contributed by atoms with Gasteiger partial charge in [0.25, 0.3) is 0 Å². The van der Waals surface area contributed by atoms with Crippen molar-refractivity contribution in [2.75, 3.05) is 6.54 Å². The molecule has 1 rings (SSSR count). The molecule has 0 aliphatic rings. The summed E-state index contributed by atoms with van der Waals surface area (Å²) in [5, 5.41) is 7.99. The molecular weight excluding hydrogens is 278 g/mol. The highest BCUT2D eigenvalue weighted by atomic mass is 79.9. The number of rotatable bonds is 8. The first-order chi connectivity index (χ1) is 8.17. The van der Waals surface area contributed by atoms with E-state index in [1.807, 2.05) is 0 Å². The molecule has 0 aliphatic heterocycles. The van der Waals surface area contributed by atoms with E-state index in [4.69, 9.17) is 0 Å². The van der Waals surface area contributed by atoms with Gasteiger partial charge in [-0.2, -0.15) is 5.10 Å². The van der Waals surface area contributed by atoms with Gasteiger partial charge >= 0.3 is 0 Å². The summed E-state index contributed by atoms with van der Waals surface area (Å²) in [5.74, 6) is 0. The molecule has 0 saturated carbocycles. The number of nitrogens with zero attached hydrogens (tertiary/aromatic N) is 2. The Kier molecular flexibility index (Phi) is 6.82. The second-order valence-electron chi connectivity index (χ2n) is 4.52. The van der Waals surface area contributed by atoms with Crippen molar-refractivity contribution in [2.24, 2.45) is 0 Å². The Morgan fingerprint density at radius 2 is 2.18 bits per heavy atom. The normalized spacial score (nSPS) is 14.8. The first-order valence-electron chi connectivity index (χ1n) is 6.56. The Labute approximate surface area is 113 Å². The molecule has 1 heterocycles.